The van der Waals surface area contributed by atoms with E-state index in [2.05, 4.69) is 13.8 Å². The van der Waals surface area contributed by atoms with Crippen LogP contribution in [0, 0.1) is 28.6 Å². The van der Waals surface area contributed by atoms with Crippen molar-refractivity contribution in [3.8, 4) is 0 Å². The standard InChI is InChI=1S/C19H32O3/c1-17-7-3-4-14(17)13-10-16(21)19(22)11-12(20)5-9-18(19,2)15(13)6-8-17/h12-16,20-22H,3-11H2,1-2H3/t12-,13-,14-,15-,16-,17-,18+,19-/m0/s1. The normalized spacial score (nSPS) is 61.2. The first-order valence-corrected chi connectivity index (χ1v) is 9.39. The van der Waals surface area contributed by atoms with Crippen molar-refractivity contribution in [1.82, 2.24) is 0 Å². The van der Waals surface area contributed by atoms with Gasteiger partial charge in [-0.1, -0.05) is 20.3 Å². The zero-order valence-electron chi connectivity index (χ0n) is 14.1. The second-order valence-electron chi connectivity index (χ2n) is 9.45. The third-order valence-corrected chi connectivity index (χ3v) is 8.62. The fraction of sp³-hybridized carbons (Fsp3) is 1.00. The van der Waals surface area contributed by atoms with Gasteiger partial charge >= 0.3 is 0 Å². The van der Waals surface area contributed by atoms with Gasteiger partial charge in [0.2, 0.25) is 0 Å². The summed E-state index contributed by atoms with van der Waals surface area (Å²) in [7, 11) is 0. The van der Waals surface area contributed by atoms with E-state index in [0.29, 0.717) is 23.7 Å². The molecule has 0 aliphatic heterocycles. The Labute approximate surface area is 134 Å². The fourth-order valence-corrected chi connectivity index (χ4v) is 7.25. The molecule has 4 aliphatic carbocycles. The van der Waals surface area contributed by atoms with Crippen molar-refractivity contribution in [3.63, 3.8) is 0 Å². The van der Waals surface area contributed by atoms with Gasteiger partial charge in [-0.05, 0) is 68.1 Å². The van der Waals surface area contributed by atoms with E-state index in [1.54, 1.807) is 0 Å². The van der Waals surface area contributed by atoms with E-state index in [1.165, 1.54) is 32.1 Å². The van der Waals surface area contributed by atoms with Gasteiger partial charge < -0.3 is 15.3 Å². The molecule has 4 rings (SSSR count). The molecule has 4 aliphatic rings. The molecule has 0 aromatic carbocycles. The van der Waals surface area contributed by atoms with E-state index < -0.39 is 17.8 Å². The topological polar surface area (TPSA) is 60.7 Å². The van der Waals surface area contributed by atoms with E-state index in [-0.39, 0.29) is 5.41 Å². The average Bonchev–Trinajstić information content (AvgIpc) is 2.84. The maximum absolute atomic E-state index is 11.3. The molecule has 0 radical (unpaired) electrons. The first kappa shape index (κ1) is 15.4. The van der Waals surface area contributed by atoms with Gasteiger partial charge in [0.15, 0.2) is 0 Å². The van der Waals surface area contributed by atoms with E-state index in [9.17, 15) is 15.3 Å². The number of hydrogen-bond acceptors (Lipinski definition) is 3. The summed E-state index contributed by atoms with van der Waals surface area (Å²) in [5.41, 5.74) is -0.836. The molecular weight excluding hydrogens is 276 g/mol. The number of hydrogen-bond donors (Lipinski definition) is 3. The van der Waals surface area contributed by atoms with Crippen LogP contribution >= 0.6 is 0 Å². The quantitative estimate of drug-likeness (QED) is 0.645. The van der Waals surface area contributed by atoms with Crippen LogP contribution in [0.15, 0.2) is 0 Å². The van der Waals surface area contributed by atoms with Gasteiger partial charge in [-0.15, -0.1) is 0 Å². The summed E-state index contributed by atoms with van der Waals surface area (Å²) in [5.74, 6) is 1.82. The van der Waals surface area contributed by atoms with Crippen LogP contribution in [-0.4, -0.2) is 33.1 Å². The Hall–Kier alpha value is -0.120. The Morgan fingerprint density at radius 2 is 1.68 bits per heavy atom. The molecule has 0 aromatic rings. The lowest BCUT2D eigenvalue weighted by molar-refractivity contribution is -0.263. The van der Waals surface area contributed by atoms with Crippen molar-refractivity contribution < 1.29 is 15.3 Å². The second-order valence-corrected chi connectivity index (χ2v) is 9.45. The molecule has 126 valence electrons. The summed E-state index contributed by atoms with van der Waals surface area (Å²) < 4.78 is 0. The van der Waals surface area contributed by atoms with Gasteiger partial charge in [0, 0.05) is 11.8 Å². The maximum atomic E-state index is 11.3. The van der Waals surface area contributed by atoms with Crippen molar-refractivity contribution in [3.05, 3.63) is 0 Å². The van der Waals surface area contributed by atoms with Gasteiger partial charge in [-0.3, -0.25) is 0 Å². The Morgan fingerprint density at radius 1 is 0.909 bits per heavy atom. The van der Waals surface area contributed by atoms with Gasteiger partial charge in [-0.25, -0.2) is 0 Å². The summed E-state index contributed by atoms with van der Waals surface area (Å²) in [6.07, 6.45) is 8.06. The Balaban J connectivity index is 1.71. The van der Waals surface area contributed by atoms with Gasteiger partial charge in [0.1, 0.15) is 0 Å². The van der Waals surface area contributed by atoms with Crippen LogP contribution in [0.1, 0.15) is 71.6 Å². The summed E-state index contributed by atoms with van der Waals surface area (Å²) in [6.45, 7) is 4.66. The van der Waals surface area contributed by atoms with Gasteiger partial charge in [0.05, 0.1) is 17.8 Å². The second kappa shape index (κ2) is 4.70. The minimum Gasteiger partial charge on any atom is -0.393 e. The number of aliphatic hydroxyl groups excluding tert-OH is 2. The Bertz CT molecular complexity index is 466. The Kier molecular flexibility index (Phi) is 3.30. The largest absolute Gasteiger partial charge is 0.393 e. The van der Waals surface area contributed by atoms with Crippen molar-refractivity contribution in [2.24, 2.45) is 28.6 Å². The molecule has 3 nitrogen and oxygen atoms in total. The van der Waals surface area contributed by atoms with Crippen LogP contribution in [0.25, 0.3) is 0 Å². The SMILES string of the molecule is C[C@@]12CCC[C@H]1[C@@H]1C[C@H](O)[C@@]3(O)C[C@@H](O)CC[C@]3(C)[C@H]1CC2. The van der Waals surface area contributed by atoms with Gasteiger partial charge in [0.25, 0.3) is 0 Å². The van der Waals surface area contributed by atoms with Crippen LogP contribution in [0.5, 0.6) is 0 Å². The predicted molar refractivity (Wildman–Crippen MR) is 85.2 cm³/mol. The minimum atomic E-state index is -1.09. The van der Waals surface area contributed by atoms with Crippen molar-refractivity contribution >= 4 is 0 Å². The zero-order valence-corrected chi connectivity index (χ0v) is 14.1. The molecule has 0 amide bonds. The summed E-state index contributed by atoms with van der Waals surface area (Å²) in [5, 5.41) is 32.2. The number of rotatable bonds is 0. The van der Waals surface area contributed by atoms with Crippen LogP contribution in [-0.2, 0) is 0 Å². The van der Waals surface area contributed by atoms with Crippen LogP contribution in [0.4, 0.5) is 0 Å². The van der Waals surface area contributed by atoms with E-state index in [1.807, 2.05) is 0 Å². The minimum absolute atomic E-state index is 0.224. The highest BCUT2D eigenvalue weighted by molar-refractivity contribution is 5.16. The lowest BCUT2D eigenvalue weighted by atomic mass is 9.43. The molecule has 3 N–H and O–H groups in total. The lowest BCUT2D eigenvalue weighted by Crippen LogP contribution is -2.68. The van der Waals surface area contributed by atoms with Crippen LogP contribution in [0.3, 0.4) is 0 Å². The molecule has 4 saturated carbocycles. The highest BCUT2D eigenvalue weighted by atomic mass is 16.3. The Morgan fingerprint density at radius 3 is 2.45 bits per heavy atom. The summed E-state index contributed by atoms with van der Waals surface area (Å²) >= 11 is 0. The maximum Gasteiger partial charge on any atom is 0.0985 e. The molecule has 0 spiro atoms. The van der Waals surface area contributed by atoms with Crippen LogP contribution < -0.4 is 0 Å². The monoisotopic (exact) mass is 308 g/mol. The molecule has 0 heterocycles. The van der Waals surface area contributed by atoms with E-state index in [4.69, 9.17) is 0 Å². The third-order valence-electron chi connectivity index (χ3n) is 8.62. The third kappa shape index (κ3) is 1.79. The fourth-order valence-electron chi connectivity index (χ4n) is 7.25. The molecular formula is C19H32O3. The van der Waals surface area contributed by atoms with Crippen molar-refractivity contribution in [1.29, 1.82) is 0 Å². The first-order valence-electron chi connectivity index (χ1n) is 9.39. The number of fused-ring (bicyclic) bond motifs is 5. The zero-order chi connectivity index (χ0) is 15.8. The molecule has 0 unspecified atom stereocenters. The molecule has 4 fully saturated rings. The molecule has 0 saturated heterocycles. The van der Waals surface area contributed by atoms with Crippen LogP contribution in [0.2, 0.25) is 0 Å². The highest BCUT2D eigenvalue weighted by Crippen LogP contribution is 2.67. The molecule has 8 atom stereocenters. The molecule has 3 heteroatoms. The highest BCUT2D eigenvalue weighted by Gasteiger charge is 2.66. The first-order chi connectivity index (χ1) is 10.3. The molecule has 0 aromatic heterocycles. The average molecular weight is 308 g/mol. The molecule has 22 heavy (non-hydrogen) atoms. The predicted octanol–water partition coefficient (Wildman–Crippen LogP) is 2.87. The summed E-state index contributed by atoms with van der Waals surface area (Å²) in [4.78, 5) is 0. The van der Waals surface area contributed by atoms with E-state index in [0.717, 1.165) is 25.2 Å². The molecule has 0 bridgehead atoms. The lowest BCUT2D eigenvalue weighted by Gasteiger charge is -2.65. The van der Waals surface area contributed by atoms with E-state index >= 15 is 0 Å². The number of aliphatic hydroxyl groups is 3. The van der Waals surface area contributed by atoms with Crippen molar-refractivity contribution in [2.45, 2.75) is 89.4 Å². The smallest absolute Gasteiger partial charge is 0.0985 e. The van der Waals surface area contributed by atoms with Gasteiger partial charge in [-0.2, -0.15) is 0 Å². The van der Waals surface area contributed by atoms with Crippen molar-refractivity contribution in [2.75, 3.05) is 0 Å². The summed E-state index contributed by atoms with van der Waals surface area (Å²) in [6, 6.07) is 0.